The number of hydrogen-bond acceptors (Lipinski definition) is 3. The molecule has 26 heavy (non-hydrogen) atoms. The molecule has 1 amide bonds. The van der Waals surface area contributed by atoms with Crippen LogP contribution in [0.5, 0.6) is 0 Å². The Morgan fingerprint density at radius 3 is 2.69 bits per heavy atom. The van der Waals surface area contributed by atoms with Crippen molar-refractivity contribution in [2.45, 2.75) is 18.9 Å². The third-order valence-electron chi connectivity index (χ3n) is 5.07. The zero-order valence-electron chi connectivity index (χ0n) is 14.4. The fourth-order valence-electron chi connectivity index (χ4n) is 3.57. The van der Waals surface area contributed by atoms with Crippen LogP contribution in [0.15, 0.2) is 42.6 Å². The average Bonchev–Trinajstić information content (AvgIpc) is 3.02. The highest BCUT2D eigenvalue weighted by molar-refractivity contribution is 5.93. The number of carboxylic acid groups (broad SMARTS) is 1. The molecule has 138 valence electrons. The SMILES string of the molecule is Cn1cccc1C(=O)N1CC[C@@H](O)[C@](Cc2cccc(F)c2)(C(=O)O)C1. The highest BCUT2D eigenvalue weighted by Crippen LogP contribution is 2.35. The van der Waals surface area contributed by atoms with Crippen LogP contribution in [0.3, 0.4) is 0 Å². The van der Waals surface area contributed by atoms with Gasteiger partial charge in [-0.25, -0.2) is 4.39 Å². The second-order valence-electron chi connectivity index (χ2n) is 6.80. The lowest BCUT2D eigenvalue weighted by atomic mass is 9.72. The molecule has 3 rings (SSSR count). The van der Waals surface area contributed by atoms with Gasteiger partial charge in [-0.15, -0.1) is 0 Å². The van der Waals surface area contributed by atoms with Gasteiger partial charge in [0.15, 0.2) is 0 Å². The van der Waals surface area contributed by atoms with E-state index in [0.717, 1.165) is 0 Å². The Labute approximate surface area is 150 Å². The van der Waals surface area contributed by atoms with Crippen LogP contribution < -0.4 is 0 Å². The fourth-order valence-corrected chi connectivity index (χ4v) is 3.57. The summed E-state index contributed by atoms with van der Waals surface area (Å²) in [5.41, 5.74) is -0.654. The highest BCUT2D eigenvalue weighted by atomic mass is 19.1. The first kappa shape index (κ1) is 18.1. The Kier molecular flexibility index (Phi) is 4.82. The number of nitrogens with zero attached hydrogens (tertiary/aromatic N) is 2. The highest BCUT2D eigenvalue weighted by Gasteiger charge is 2.50. The molecule has 6 nitrogen and oxygen atoms in total. The monoisotopic (exact) mass is 360 g/mol. The molecule has 0 aliphatic carbocycles. The van der Waals surface area contributed by atoms with Crippen LogP contribution in [0.2, 0.25) is 0 Å². The van der Waals surface area contributed by atoms with Gasteiger partial charge < -0.3 is 19.7 Å². The summed E-state index contributed by atoms with van der Waals surface area (Å²) < 4.78 is 15.2. The number of aliphatic hydroxyl groups excluding tert-OH is 1. The van der Waals surface area contributed by atoms with E-state index in [1.165, 1.54) is 23.1 Å². The predicted octanol–water partition coefficient (Wildman–Crippen LogP) is 1.68. The number of hydrogen-bond donors (Lipinski definition) is 2. The lowest BCUT2D eigenvalue weighted by Gasteiger charge is -2.43. The maximum Gasteiger partial charge on any atom is 0.314 e. The number of aliphatic hydroxyl groups is 1. The average molecular weight is 360 g/mol. The molecule has 0 unspecified atom stereocenters. The van der Waals surface area contributed by atoms with Crippen molar-refractivity contribution in [2.75, 3.05) is 13.1 Å². The summed E-state index contributed by atoms with van der Waals surface area (Å²) in [6.07, 6.45) is 0.708. The number of carbonyl (C=O) groups is 2. The quantitative estimate of drug-likeness (QED) is 0.869. The van der Waals surface area contributed by atoms with Crippen molar-refractivity contribution in [1.82, 2.24) is 9.47 Å². The van der Waals surface area contributed by atoms with Crippen molar-refractivity contribution in [3.8, 4) is 0 Å². The van der Waals surface area contributed by atoms with Crippen LogP contribution in [-0.4, -0.2) is 50.8 Å². The van der Waals surface area contributed by atoms with Gasteiger partial charge in [0.1, 0.15) is 16.9 Å². The minimum Gasteiger partial charge on any atom is -0.481 e. The molecular weight excluding hydrogens is 339 g/mol. The van der Waals surface area contributed by atoms with Gasteiger partial charge in [0.05, 0.1) is 6.10 Å². The number of piperidine rings is 1. The number of aromatic nitrogens is 1. The summed E-state index contributed by atoms with van der Waals surface area (Å²) >= 11 is 0. The molecule has 2 heterocycles. The summed E-state index contributed by atoms with van der Waals surface area (Å²) in [7, 11) is 1.74. The van der Waals surface area contributed by atoms with Crippen LogP contribution in [0.1, 0.15) is 22.5 Å². The molecule has 2 aromatic rings. The molecule has 1 aliphatic heterocycles. The van der Waals surface area contributed by atoms with Gasteiger partial charge in [0.2, 0.25) is 0 Å². The number of likely N-dealkylation sites (tertiary alicyclic amines) is 1. The normalized spacial score (nSPS) is 23.0. The number of halogens is 1. The van der Waals surface area contributed by atoms with E-state index in [-0.39, 0.29) is 31.8 Å². The maximum atomic E-state index is 13.5. The van der Waals surface area contributed by atoms with E-state index >= 15 is 0 Å². The molecule has 2 atom stereocenters. The van der Waals surface area contributed by atoms with E-state index in [1.807, 2.05) is 0 Å². The number of rotatable bonds is 4. The molecule has 1 aromatic heterocycles. The van der Waals surface area contributed by atoms with Crippen LogP contribution in [0.25, 0.3) is 0 Å². The molecule has 1 aliphatic rings. The second kappa shape index (κ2) is 6.92. The lowest BCUT2D eigenvalue weighted by Crippen LogP contribution is -2.58. The van der Waals surface area contributed by atoms with Gasteiger partial charge in [0.25, 0.3) is 5.91 Å². The summed E-state index contributed by atoms with van der Waals surface area (Å²) in [6, 6.07) is 9.07. The first-order chi connectivity index (χ1) is 12.3. The Bertz CT molecular complexity index is 834. The summed E-state index contributed by atoms with van der Waals surface area (Å²) in [5, 5.41) is 20.4. The van der Waals surface area contributed by atoms with Crippen molar-refractivity contribution < 1.29 is 24.2 Å². The first-order valence-corrected chi connectivity index (χ1v) is 8.40. The second-order valence-corrected chi connectivity index (χ2v) is 6.80. The topological polar surface area (TPSA) is 82.8 Å². The van der Waals surface area contributed by atoms with Gasteiger partial charge >= 0.3 is 5.97 Å². The molecule has 0 radical (unpaired) electrons. The van der Waals surface area contributed by atoms with Crippen molar-refractivity contribution in [1.29, 1.82) is 0 Å². The summed E-state index contributed by atoms with van der Waals surface area (Å²) in [4.78, 5) is 26.3. The van der Waals surface area contributed by atoms with Gasteiger partial charge in [-0.3, -0.25) is 9.59 Å². The number of benzene rings is 1. The van der Waals surface area contributed by atoms with Crippen molar-refractivity contribution in [3.63, 3.8) is 0 Å². The van der Waals surface area contributed by atoms with Crippen LogP contribution in [0.4, 0.5) is 4.39 Å². The smallest absolute Gasteiger partial charge is 0.314 e. The third kappa shape index (κ3) is 3.22. The molecule has 0 bridgehead atoms. The minimum atomic E-state index is -1.58. The summed E-state index contributed by atoms with van der Waals surface area (Å²) in [5.74, 6) is -1.95. The van der Waals surface area contributed by atoms with Crippen molar-refractivity contribution >= 4 is 11.9 Å². The van der Waals surface area contributed by atoms with Gasteiger partial charge in [0, 0.05) is 26.3 Å². The molecule has 1 saturated heterocycles. The van der Waals surface area contributed by atoms with Gasteiger partial charge in [-0.2, -0.15) is 0 Å². The van der Waals surface area contributed by atoms with Gasteiger partial charge in [-0.1, -0.05) is 12.1 Å². The lowest BCUT2D eigenvalue weighted by molar-refractivity contribution is -0.161. The van der Waals surface area contributed by atoms with Crippen LogP contribution in [0, 0.1) is 11.2 Å². The van der Waals surface area contributed by atoms with Crippen LogP contribution in [-0.2, 0) is 18.3 Å². The molecule has 2 N–H and O–H groups in total. The standard InChI is InChI=1S/C19H21FN2O4/c1-21-8-3-6-15(21)17(24)22-9-7-16(23)19(12-22,18(25)26)11-13-4-2-5-14(20)10-13/h2-6,8,10,16,23H,7,9,11-12H2,1H3,(H,25,26)/t16-,19-/m1/s1. The van der Waals surface area contributed by atoms with E-state index in [1.54, 1.807) is 36.0 Å². The number of carboxylic acids is 1. The Morgan fingerprint density at radius 2 is 2.08 bits per heavy atom. The minimum absolute atomic E-state index is 0.0574. The number of carbonyl (C=O) groups excluding carboxylic acids is 1. The van der Waals surface area contributed by atoms with E-state index < -0.39 is 23.3 Å². The zero-order valence-corrected chi connectivity index (χ0v) is 14.4. The maximum absolute atomic E-state index is 13.5. The van der Waals surface area contributed by atoms with E-state index in [4.69, 9.17) is 0 Å². The molecule has 1 fully saturated rings. The van der Waals surface area contributed by atoms with Gasteiger partial charge in [-0.05, 0) is 42.7 Å². The molecule has 7 heteroatoms. The van der Waals surface area contributed by atoms with Crippen LogP contribution >= 0.6 is 0 Å². The number of amides is 1. The zero-order chi connectivity index (χ0) is 18.9. The predicted molar refractivity (Wildman–Crippen MR) is 92.1 cm³/mol. The van der Waals surface area contributed by atoms with Crippen molar-refractivity contribution in [3.05, 3.63) is 59.7 Å². The summed E-state index contributed by atoms with van der Waals surface area (Å²) in [6.45, 7) is 0.132. The number of aryl methyl sites for hydroxylation is 1. The van der Waals surface area contributed by atoms with E-state index in [0.29, 0.717) is 11.3 Å². The molecule has 0 spiro atoms. The molecular formula is C19H21FN2O4. The largest absolute Gasteiger partial charge is 0.481 e. The Balaban J connectivity index is 1.91. The Hall–Kier alpha value is -2.67. The molecule has 1 aromatic carbocycles. The van der Waals surface area contributed by atoms with E-state index in [2.05, 4.69) is 0 Å². The third-order valence-corrected chi connectivity index (χ3v) is 5.07. The Morgan fingerprint density at radius 1 is 1.31 bits per heavy atom. The number of aliphatic carboxylic acids is 1. The fraction of sp³-hybridized carbons (Fsp3) is 0.368. The van der Waals surface area contributed by atoms with Crippen molar-refractivity contribution in [2.24, 2.45) is 12.5 Å². The molecule has 0 saturated carbocycles. The van der Waals surface area contributed by atoms with E-state index in [9.17, 15) is 24.2 Å². The first-order valence-electron chi connectivity index (χ1n) is 8.40.